The summed E-state index contributed by atoms with van der Waals surface area (Å²) < 4.78 is 11.7. The van der Waals surface area contributed by atoms with Crippen molar-refractivity contribution < 1.29 is 19.1 Å². The predicted octanol–water partition coefficient (Wildman–Crippen LogP) is 2.78. The second-order valence-electron chi connectivity index (χ2n) is 8.57. The van der Waals surface area contributed by atoms with E-state index in [1.54, 1.807) is 24.6 Å². The number of hydrogen-bond acceptors (Lipinski definition) is 7. The molecule has 1 saturated carbocycles. The van der Waals surface area contributed by atoms with E-state index in [4.69, 9.17) is 15.2 Å². The Balaban J connectivity index is 1.54. The van der Waals surface area contributed by atoms with Crippen molar-refractivity contribution in [3.05, 3.63) is 16.8 Å². The molecule has 0 aromatic carbocycles. The third-order valence-corrected chi connectivity index (χ3v) is 7.94. The van der Waals surface area contributed by atoms with E-state index < -0.39 is 12.0 Å². The number of aromatic nitrogens is 2. The van der Waals surface area contributed by atoms with Gasteiger partial charge in [0.2, 0.25) is 17.7 Å². The fraction of sp³-hybridized carbons (Fsp3) is 0.636. The van der Waals surface area contributed by atoms with Crippen LogP contribution in [-0.4, -0.2) is 59.1 Å². The van der Waals surface area contributed by atoms with E-state index in [2.05, 4.69) is 9.97 Å². The molecule has 2 heterocycles. The number of nitrogens with two attached hydrogens (primary N) is 1. The summed E-state index contributed by atoms with van der Waals surface area (Å²) in [6, 6.07) is 0.275. The lowest BCUT2D eigenvalue weighted by Gasteiger charge is -2.34. The van der Waals surface area contributed by atoms with Gasteiger partial charge in [0, 0.05) is 32.0 Å². The Labute approximate surface area is 186 Å². The van der Waals surface area contributed by atoms with Crippen molar-refractivity contribution in [1.82, 2.24) is 14.9 Å². The van der Waals surface area contributed by atoms with Gasteiger partial charge in [-0.15, -0.1) is 11.3 Å². The van der Waals surface area contributed by atoms with Crippen molar-refractivity contribution in [3.8, 4) is 5.88 Å². The summed E-state index contributed by atoms with van der Waals surface area (Å²) in [4.78, 5) is 36.4. The molecule has 2 N–H and O–H groups in total. The number of rotatable bonds is 7. The second kappa shape index (κ2) is 9.08. The molecule has 0 aliphatic heterocycles. The molecule has 31 heavy (non-hydrogen) atoms. The average Bonchev–Trinajstić information content (AvgIpc) is 3.31. The van der Waals surface area contributed by atoms with Gasteiger partial charge in [-0.2, -0.15) is 0 Å². The largest absolute Gasteiger partial charge is 0.474 e. The molecule has 0 saturated heterocycles. The van der Waals surface area contributed by atoms with Crippen LogP contribution in [0.1, 0.15) is 61.8 Å². The minimum atomic E-state index is -0.603. The summed E-state index contributed by atoms with van der Waals surface area (Å²) in [7, 11) is 3.39. The molecule has 2 aliphatic carbocycles. The molecule has 0 spiro atoms. The number of ether oxygens (including phenoxy) is 2. The van der Waals surface area contributed by atoms with Gasteiger partial charge in [-0.1, -0.05) is 0 Å². The van der Waals surface area contributed by atoms with Crippen LogP contribution in [0.5, 0.6) is 5.88 Å². The van der Waals surface area contributed by atoms with Crippen LogP contribution < -0.4 is 10.5 Å². The number of amides is 2. The van der Waals surface area contributed by atoms with Gasteiger partial charge in [-0.25, -0.2) is 9.97 Å². The summed E-state index contributed by atoms with van der Waals surface area (Å²) in [6.45, 7) is 1.61. The molecule has 0 unspecified atom stereocenters. The van der Waals surface area contributed by atoms with E-state index in [1.807, 2.05) is 11.9 Å². The zero-order valence-electron chi connectivity index (χ0n) is 18.3. The third kappa shape index (κ3) is 4.39. The molecular weight excluding hydrogens is 416 g/mol. The summed E-state index contributed by atoms with van der Waals surface area (Å²) in [5.41, 5.74) is 6.70. The van der Waals surface area contributed by atoms with Crippen LogP contribution in [0.25, 0.3) is 10.2 Å². The van der Waals surface area contributed by atoms with Crippen molar-refractivity contribution in [2.45, 2.75) is 76.0 Å². The number of carbonyl (C=O) groups excluding carboxylic acids is 2. The number of nitrogens with zero attached hydrogens (tertiary/aromatic N) is 3. The smallest absolute Gasteiger partial charge is 0.246 e. The predicted molar refractivity (Wildman–Crippen MR) is 118 cm³/mol. The Kier molecular flexibility index (Phi) is 6.43. The first-order valence-electron chi connectivity index (χ1n) is 10.9. The first-order valence-corrected chi connectivity index (χ1v) is 11.7. The maximum atomic E-state index is 11.7. The normalized spacial score (nSPS) is 24.0. The van der Waals surface area contributed by atoms with Gasteiger partial charge >= 0.3 is 0 Å². The minimum absolute atomic E-state index is 0.0717. The molecule has 2 aromatic heterocycles. The molecule has 0 bridgehead atoms. The Bertz CT molecular complexity index is 970. The van der Waals surface area contributed by atoms with Crippen LogP contribution in [0.3, 0.4) is 0 Å². The number of primary amides is 1. The maximum absolute atomic E-state index is 11.7. The van der Waals surface area contributed by atoms with Gasteiger partial charge in [0.1, 0.15) is 23.4 Å². The lowest BCUT2D eigenvalue weighted by Crippen LogP contribution is -2.40. The fourth-order valence-electron chi connectivity index (χ4n) is 4.92. The summed E-state index contributed by atoms with van der Waals surface area (Å²) >= 11 is 1.68. The van der Waals surface area contributed by atoms with Gasteiger partial charge in [-0.3, -0.25) is 9.59 Å². The van der Waals surface area contributed by atoms with Crippen molar-refractivity contribution in [3.63, 3.8) is 0 Å². The van der Waals surface area contributed by atoms with E-state index in [-0.39, 0.29) is 24.0 Å². The number of carbonyl (C=O) groups is 2. The minimum Gasteiger partial charge on any atom is -0.474 e. The molecule has 168 valence electrons. The topological polar surface area (TPSA) is 108 Å². The molecule has 4 rings (SSSR count). The van der Waals surface area contributed by atoms with E-state index >= 15 is 0 Å². The first kappa shape index (κ1) is 22.0. The van der Waals surface area contributed by atoms with E-state index in [1.165, 1.54) is 17.6 Å². The summed E-state index contributed by atoms with van der Waals surface area (Å²) in [5, 5.41) is 0.979. The lowest BCUT2D eigenvalue weighted by atomic mass is 9.92. The highest BCUT2D eigenvalue weighted by molar-refractivity contribution is 7.19. The Morgan fingerprint density at radius 2 is 2.00 bits per heavy atom. The Morgan fingerprint density at radius 3 is 2.65 bits per heavy atom. The number of hydrogen-bond donors (Lipinski definition) is 1. The maximum Gasteiger partial charge on any atom is 0.246 e. The van der Waals surface area contributed by atoms with Gasteiger partial charge in [-0.05, 0) is 56.4 Å². The van der Waals surface area contributed by atoms with E-state index in [0.717, 1.165) is 48.7 Å². The van der Waals surface area contributed by atoms with E-state index in [9.17, 15) is 9.59 Å². The van der Waals surface area contributed by atoms with Gasteiger partial charge in [0.25, 0.3) is 0 Å². The number of fused-ring (bicyclic) bond motifs is 3. The molecule has 9 heteroatoms. The highest BCUT2D eigenvalue weighted by Crippen LogP contribution is 2.48. The second-order valence-corrected chi connectivity index (χ2v) is 9.66. The Hall–Kier alpha value is -2.26. The molecule has 8 nitrogen and oxygen atoms in total. The van der Waals surface area contributed by atoms with Crippen molar-refractivity contribution in [1.29, 1.82) is 0 Å². The SMILES string of the molecule is CO[C@@H](C[C@H]1CCc2sc3ncnc(O[C@H]4CC[C@H](N(C)C(C)=O)CC4)c3c21)C(N)=O. The van der Waals surface area contributed by atoms with Crippen molar-refractivity contribution in [2.75, 3.05) is 14.2 Å². The van der Waals surface area contributed by atoms with Crippen LogP contribution in [0.15, 0.2) is 6.33 Å². The highest BCUT2D eigenvalue weighted by Gasteiger charge is 2.34. The Morgan fingerprint density at radius 1 is 1.26 bits per heavy atom. The molecule has 0 radical (unpaired) electrons. The van der Waals surface area contributed by atoms with Gasteiger partial charge in [0.05, 0.1) is 5.39 Å². The molecule has 2 amide bonds. The van der Waals surface area contributed by atoms with Crippen LogP contribution in [0.2, 0.25) is 0 Å². The first-order chi connectivity index (χ1) is 14.9. The standard InChI is InChI=1S/C22H30N4O4S/c1-12(27)26(2)14-5-7-15(8-6-14)30-21-19-18-13(10-16(29-3)20(23)28)4-9-17(18)31-22(19)25-11-24-21/h11,13-16H,4-10H2,1-3H3,(H2,23,28)/t13-,14-,15-,16+/m1/s1. The van der Waals surface area contributed by atoms with Crippen LogP contribution in [0, 0.1) is 0 Å². The zero-order valence-corrected chi connectivity index (χ0v) is 19.1. The van der Waals surface area contributed by atoms with Crippen molar-refractivity contribution in [2.24, 2.45) is 5.73 Å². The molecule has 1 fully saturated rings. The zero-order chi connectivity index (χ0) is 22.1. The number of aryl methyl sites for hydroxylation is 1. The van der Waals surface area contributed by atoms with E-state index in [0.29, 0.717) is 12.3 Å². The van der Waals surface area contributed by atoms with Crippen LogP contribution in [0.4, 0.5) is 0 Å². The number of methoxy groups -OCH3 is 1. The lowest BCUT2D eigenvalue weighted by molar-refractivity contribution is -0.130. The quantitative estimate of drug-likeness (QED) is 0.701. The summed E-state index contributed by atoms with van der Waals surface area (Å²) in [5.74, 6) is 0.475. The molecule has 2 atom stereocenters. The molecular formula is C22H30N4O4S. The summed E-state index contributed by atoms with van der Waals surface area (Å²) in [6.07, 6.45) is 7.13. The third-order valence-electron chi connectivity index (χ3n) is 6.76. The fourth-order valence-corrected chi connectivity index (χ4v) is 6.15. The molecule has 2 aromatic rings. The highest BCUT2D eigenvalue weighted by atomic mass is 32.1. The number of thiophene rings is 1. The van der Waals surface area contributed by atoms with Crippen LogP contribution >= 0.6 is 11.3 Å². The molecule has 2 aliphatic rings. The van der Waals surface area contributed by atoms with Gasteiger partial charge in [0.15, 0.2) is 0 Å². The monoisotopic (exact) mass is 446 g/mol. The van der Waals surface area contributed by atoms with Gasteiger partial charge < -0.3 is 20.1 Å². The van der Waals surface area contributed by atoms with Crippen molar-refractivity contribution >= 4 is 33.4 Å². The van der Waals surface area contributed by atoms with Crippen LogP contribution in [-0.2, 0) is 20.7 Å². The average molecular weight is 447 g/mol.